The van der Waals surface area contributed by atoms with E-state index >= 15 is 0 Å². The minimum Gasteiger partial charge on any atom is -0.496 e. The van der Waals surface area contributed by atoms with Crippen molar-refractivity contribution in [3.8, 4) is 22.9 Å². The molecular formula is C42H52N4O7S2. The zero-order valence-corrected chi connectivity index (χ0v) is 33.7. The van der Waals surface area contributed by atoms with Gasteiger partial charge in [0.05, 0.1) is 45.6 Å². The molecule has 4 aliphatic carbocycles. The molecule has 5 aliphatic rings. The molecule has 13 heteroatoms. The fourth-order valence-corrected chi connectivity index (χ4v) is 11.6. The van der Waals surface area contributed by atoms with Crippen molar-refractivity contribution in [2.75, 3.05) is 20.7 Å². The number of methoxy groups -OCH3 is 1. The molecule has 8 rings (SSSR count). The highest BCUT2D eigenvalue weighted by atomic mass is 32.2. The lowest BCUT2D eigenvalue weighted by Crippen LogP contribution is -2.42. The summed E-state index contributed by atoms with van der Waals surface area (Å²) in [4.78, 5) is 54.2. The first kappa shape index (κ1) is 38.1. The van der Waals surface area contributed by atoms with Crippen molar-refractivity contribution in [2.45, 2.75) is 114 Å². The number of nitrogens with zero attached hydrogens (tertiary/aromatic N) is 3. The summed E-state index contributed by atoms with van der Waals surface area (Å²) in [6.45, 7) is 2.56. The normalized spacial score (nSPS) is 28.6. The van der Waals surface area contributed by atoms with Crippen molar-refractivity contribution in [1.29, 1.82) is 0 Å². The van der Waals surface area contributed by atoms with E-state index in [1.54, 1.807) is 30.4 Å². The number of Topliss-reactive ketones (excluding diaryl/α,β-unsaturated/α-hetero) is 1. The van der Waals surface area contributed by atoms with Crippen LogP contribution in [0.4, 0.5) is 0 Å². The molecule has 0 saturated heterocycles. The van der Waals surface area contributed by atoms with E-state index in [0.717, 1.165) is 59.3 Å². The number of ketones is 1. The maximum absolute atomic E-state index is 14.5. The number of benzene rings is 1. The van der Waals surface area contributed by atoms with Gasteiger partial charge in [-0.2, -0.15) is 0 Å². The number of pyridine rings is 1. The van der Waals surface area contributed by atoms with E-state index in [1.807, 2.05) is 37.3 Å². The van der Waals surface area contributed by atoms with E-state index in [1.165, 1.54) is 19.3 Å². The number of carbonyl (C=O) groups is 3. The third-order valence-corrected chi connectivity index (χ3v) is 15.6. The molecule has 0 bridgehead atoms. The number of carbonyl (C=O) groups excluding carboxylic acids is 3. The Hall–Kier alpha value is -3.84. The number of ether oxygens (including phenoxy) is 2. The SMILES string of the molecule is COc1ccc2c(O[C@@H]3C[C@H]4C(=O)CC5(C(=O)NS(=O)(=O)C6CC6)C[C@H]5/C=C\CCCCN(C)C(=O)[C@@H]4C3)cc(-c3csc(C4CCCCC4)n3)nc2c1C. The molecule has 1 unspecified atom stereocenters. The predicted molar refractivity (Wildman–Crippen MR) is 211 cm³/mol. The summed E-state index contributed by atoms with van der Waals surface area (Å²) in [5.41, 5.74) is 1.97. The summed E-state index contributed by atoms with van der Waals surface area (Å²) in [5.74, 6) is -0.635. The molecule has 5 atom stereocenters. The molecule has 0 radical (unpaired) electrons. The average Bonchev–Trinajstić information content (AvgIpc) is 4.06. The molecule has 1 N–H and O–H groups in total. The second-order valence-corrected chi connectivity index (χ2v) is 19.4. The van der Waals surface area contributed by atoms with E-state index in [0.29, 0.717) is 61.8 Å². The first-order chi connectivity index (χ1) is 26.5. The highest BCUT2D eigenvalue weighted by Gasteiger charge is 2.61. The smallest absolute Gasteiger partial charge is 0.240 e. The van der Waals surface area contributed by atoms with E-state index < -0.39 is 44.5 Å². The van der Waals surface area contributed by atoms with Crippen molar-refractivity contribution in [3.63, 3.8) is 0 Å². The molecule has 294 valence electrons. The second kappa shape index (κ2) is 15.2. The average molecular weight is 789 g/mol. The Balaban J connectivity index is 1.10. The molecule has 4 saturated carbocycles. The van der Waals surface area contributed by atoms with E-state index in [4.69, 9.17) is 19.4 Å². The Morgan fingerprint density at radius 2 is 1.76 bits per heavy atom. The van der Waals surface area contributed by atoms with Crippen molar-refractivity contribution >= 4 is 49.9 Å². The van der Waals surface area contributed by atoms with Crippen LogP contribution < -0.4 is 14.2 Å². The number of thiazole rings is 1. The molecular weight excluding hydrogens is 737 g/mol. The van der Waals surface area contributed by atoms with Crippen LogP contribution in [0.3, 0.4) is 0 Å². The van der Waals surface area contributed by atoms with Gasteiger partial charge in [-0.3, -0.25) is 19.1 Å². The molecule has 2 aromatic heterocycles. The van der Waals surface area contributed by atoms with Gasteiger partial charge in [0.1, 0.15) is 23.4 Å². The number of amides is 2. The summed E-state index contributed by atoms with van der Waals surface area (Å²) >= 11 is 1.68. The summed E-state index contributed by atoms with van der Waals surface area (Å²) < 4.78 is 40.6. The van der Waals surface area contributed by atoms with Crippen molar-refractivity contribution in [3.05, 3.63) is 46.3 Å². The fraction of sp³-hybridized carbons (Fsp3) is 0.595. The van der Waals surface area contributed by atoms with Gasteiger partial charge in [-0.05, 0) is 89.2 Å². The number of hydrogen-bond donors (Lipinski definition) is 1. The van der Waals surface area contributed by atoms with Gasteiger partial charge in [0, 0.05) is 54.2 Å². The number of hydrogen-bond acceptors (Lipinski definition) is 10. The minimum absolute atomic E-state index is 0.0993. The van der Waals surface area contributed by atoms with Gasteiger partial charge in [-0.25, -0.2) is 18.4 Å². The molecule has 3 aromatic rings. The third kappa shape index (κ3) is 7.67. The van der Waals surface area contributed by atoms with Crippen LogP contribution in [0.15, 0.2) is 35.7 Å². The minimum atomic E-state index is -3.79. The largest absolute Gasteiger partial charge is 0.496 e. The summed E-state index contributed by atoms with van der Waals surface area (Å²) in [6, 6.07) is 5.78. The fourth-order valence-electron chi connectivity index (χ4n) is 9.20. The molecule has 1 aromatic carbocycles. The van der Waals surface area contributed by atoms with Crippen LogP contribution in [0.25, 0.3) is 22.3 Å². The Morgan fingerprint density at radius 3 is 2.53 bits per heavy atom. The molecule has 11 nitrogen and oxygen atoms in total. The number of sulfonamides is 1. The van der Waals surface area contributed by atoms with Gasteiger partial charge in [0.15, 0.2) is 0 Å². The van der Waals surface area contributed by atoms with Crippen LogP contribution in [-0.4, -0.2) is 72.9 Å². The van der Waals surface area contributed by atoms with E-state index in [9.17, 15) is 22.8 Å². The number of allylic oxidation sites excluding steroid dienone is 2. The third-order valence-electron chi connectivity index (χ3n) is 12.8. The number of fused-ring (bicyclic) bond motifs is 3. The van der Waals surface area contributed by atoms with Crippen LogP contribution in [0.5, 0.6) is 11.5 Å². The number of rotatable bonds is 8. The quantitative estimate of drug-likeness (QED) is 0.233. The van der Waals surface area contributed by atoms with Gasteiger partial charge in [-0.15, -0.1) is 11.3 Å². The lowest BCUT2D eigenvalue weighted by atomic mass is 9.84. The van der Waals surface area contributed by atoms with Crippen molar-refractivity contribution < 1.29 is 32.3 Å². The number of nitrogens with one attached hydrogen (secondary N) is 1. The van der Waals surface area contributed by atoms with Crippen LogP contribution in [-0.2, 0) is 24.4 Å². The van der Waals surface area contributed by atoms with Gasteiger partial charge < -0.3 is 14.4 Å². The molecule has 2 amide bonds. The summed E-state index contributed by atoms with van der Waals surface area (Å²) in [5, 5.41) is 3.47. The Morgan fingerprint density at radius 1 is 0.982 bits per heavy atom. The van der Waals surface area contributed by atoms with Crippen LogP contribution in [0.2, 0.25) is 0 Å². The topological polar surface area (TPSA) is 145 Å². The molecule has 4 fully saturated rings. The number of aromatic nitrogens is 2. The molecule has 3 heterocycles. The van der Waals surface area contributed by atoms with Crippen LogP contribution in [0.1, 0.15) is 106 Å². The number of aryl methyl sites for hydroxylation is 1. The van der Waals surface area contributed by atoms with Crippen LogP contribution in [0, 0.1) is 30.1 Å². The summed E-state index contributed by atoms with van der Waals surface area (Å²) in [7, 11) is -0.355. The van der Waals surface area contributed by atoms with Gasteiger partial charge in [0.25, 0.3) is 0 Å². The predicted octanol–water partition coefficient (Wildman–Crippen LogP) is 7.27. The van der Waals surface area contributed by atoms with Crippen LogP contribution >= 0.6 is 11.3 Å². The highest BCUT2D eigenvalue weighted by Crippen LogP contribution is 2.58. The van der Waals surface area contributed by atoms with E-state index in [-0.39, 0.29) is 24.0 Å². The Bertz CT molecular complexity index is 2120. The maximum Gasteiger partial charge on any atom is 0.240 e. The lowest BCUT2D eigenvalue weighted by molar-refractivity contribution is -0.140. The van der Waals surface area contributed by atoms with Gasteiger partial charge >= 0.3 is 0 Å². The zero-order chi connectivity index (χ0) is 38.5. The monoisotopic (exact) mass is 788 g/mol. The molecule has 55 heavy (non-hydrogen) atoms. The lowest BCUT2D eigenvalue weighted by Gasteiger charge is -2.26. The van der Waals surface area contributed by atoms with Gasteiger partial charge in [-0.1, -0.05) is 31.4 Å². The van der Waals surface area contributed by atoms with E-state index in [2.05, 4.69) is 10.1 Å². The van der Waals surface area contributed by atoms with Crippen molar-refractivity contribution in [1.82, 2.24) is 19.6 Å². The first-order valence-corrected chi connectivity index (χ1v) is 22.5. The summed E-state index contributed by atoms with van der Waals surface area (Å²) in [6.07, 6.45) is 14.0. The first-order valence-electron chi connectivity index (χ1n) is 20.1. The Labute approximate surface area is 327 Å². The Kier molecular flexibility index (Phi) is 10.6. The maximum atomic E-state index is 14.5. The highest BCUT2D eigenvalue weighted by molar-refractivity contribution is 7.90. The zero-order valence-electron chi connectivity index (χ0n) is 32.1. The van der Waals surface area contributed by atoms with Gasteiger partial charge in [0.2, 0.25) is 21.8 Å². The molecule has 0 spiro atoms. The second-order valence-electron chi connectivity index (χ2n) is 16.6. The standard InChI is InChI=1S/C42H52N4O7S2/c1-25-36(52-3)17-16-30-37(21-33(43-38(25)30)34-24-54-39(44-34)26-11-7-6-8-12-26)53-28-19-31-32(20-28)40(48)46(2)18-10-5-4-9-13-27-22-42(27,23-35(31)47)41(49)45-55(50,51)29-14-15-29/h9,13,16-17,21,24,26-29,31-32H,4-8,10-12,14-15,18-20,22-23H2,1-3H3,(H,45,49)/b13-9-/t27-,28-,31-,32-,42?/m1/s1. The van der Waals surface area contributed by atoms with Crippen molar-refractivity contribution in [2.24, 2.45) is 23.2 Å². The molecule has 1 aliphatic heterocycles.